The normalized spacial score (nSPS) is 24.0. The monoisotopic (exact) mass is 315 g/mol. The second-order valence-electron chi connectivity index (χ2n) is 6.85. The molecule has 122 valence electrons. The molecule has 3 rings (SSSR count). The molecule has 2 heterocycles. The molecule has 2 fully saturated rings. The first-order chi connectivity index (χ1) is 10.2. The van der Waals surface area contributed by atoms with E-state index in [1.807, 2.05) is 18.7 Å². The quantitative estimate of drug-likeness (QED) is 0.796. The van der Waals surface area contributed by atoms with Gasteiger partial charge in [0, 0.05) is 12.7 Å². The van der Waals surface area contributed by atoms with Crippen LogP contribution in [0.2, 0.25) is 0 Å². The molecule has 1 saturated carbocycles. The Balaban J connectivity index is 1.90. The minimum atomic E-state index is -4.45. The Hall–Kier alpha value is -1.37. The Bertz CT molecular complexity index is 553. The first-order valence-corrected chi connectivity index (χ1v) is 7.55. The zero-order chi connectivity index (χ0) is 16.0. The summed E-state index contributed by atoms with van der Waals surface area (Å²) >= 11 is 0. The third-order valence-corrected chi connectivity index (χ3v) is 4.27. The first-order valence-electron chi connectivity index (χ1n) is 7.55. The standard InChI is InChI=1S/C15H20F3N3O/c1-13(2)9-21(10-14(22-13)6-3-4-7-14)12-19-8-5-11(20-12)15(16,17)18/h5,8H,3-4,6-7,9-10H2,1-2H3. The molecular formula is C15H20F3N3O. The smallest absolute Gasteiger partial charge is 0.365 e. The summed E-state index contributed by atoms with van der Waals surface area (Å²) < 4.78 is 44.8. The van der Waals surface area contributed by atoms with Crippen molar-refractivity contribution in [3.8, 4) is 0 Å². The molecule has 0 unspecified atom stereocenters. The first kappa shape index (κ1) is 15.5. The predicted molar refractivity (Wildman–Crippen MR) is 75.6 cm³/mol. The highest BCUT2D eigenvalue weighted by molar-refractivity contribution is 5.34. The number of hydrogen-bond donors (Lipinski definition) is 0. The number of ether oxygens (including phenoxy) is 1. The number of halogens is 3. The molecule has 0 bridgehead atoms. The lowest BCUT2D eigenvalue weighted by Crippen LogP contribution is -2.59. The maximum absolute atomic E-state index is 12.8. The van der Waals surface area contributed by atoms with Crippen LogP contribution in [0.1, 0.15) is 45.2 Å². The van der Waals surface area contributed by atoms with Crippen LogP contribution in [0.3, 0.4) is 0 Å². The van der Waals surface area contributed by atoms with Gasteiger partial charge in [-0.05, 0) is 32.8 Å². The van der Waals surface area contributed by atoms with Crippen molar-refractivity contribution in [2.45, 2.75) is 56.9 Å². The minimum absolute atomic E-state index is 0.137. The average Bonchev–Trinajstić information content (AvgIpc) is 2.83. The molecule has 4 nitrogen and oxygen atoms in total. The highest BCUT2D eigenvalue weighted by Gasteiger charge is 2.46. The summed E-state index contributed by atoms with van der Waals surface area (Å²) in [4.78, 5) is 9.62. The number of rotatable bonds is 1. The molecule has 1 spiro atoms. The van der Waals surface area contributed by atoms with Crippen molar-refractivity contribution in [2.24, 2.45) is 0 Å². The number of anilines is 1. The fraction of sp³-hybridized carbons (Fsp3) is 0.733. The molecule has 0 amide bonds. The van der Waals surface area contributed by atoms with Gasteiger partial charge < -0.3 is 9.64 Å². The molecule has 1 saturated heterocycles. The molecule has 0 aromatic carbocycles. The number of aromatic nitrogens is 2. The van der Waals surface area contributed by atoms with Crippen molar-refractivity contribution in [3.05, 3.63) is 18.0 Å². The van der Waals surface area contributed by atoms with Gasteiger partial charge in [-0.2, -0.15) is 13.2 Å². The van der Waals surface area contributed by atoms with E-state index in [1.165, 1.54) is 6.20 Å². The summed E-state index contributed by atoms with van der Waals surface area (Å²) in [5, 5.41) is 0. The van der Waals surface area contributed by atoms with Crippen molar-refractivity contribution in [1.82, 2.24) is 9.97 Å². The van der Waals surface area contributed by atoms with Crippen LogP contribution in [0.5, 0.6) is 0 Å². The van der Waals surface area contributed by atoms with Gasteiger partial charge in [-0.25, -0.2) is 9.97 Å². The second-order valence-corrected chi connectivity index (χ2v) is 6.85. The van der Waals surface area contributed by atoms with Crippen LogP contribution in [0.25, 0.3) is 0 Å². The summed E-state index contributed by atoms with van der Waals surface area (Å²) in [6.45, 7) is 4.97. The maximum atomic E-state index is 12.8. The molecule has 22 heavy (non-hydrogen) atoms. The number of nitrogens with zero attached hydrogens (tertiary/aromatic N) is 3. The van der Waals surface area contributed by atoms with Gasteiger partial charge in [-0.1, -0.05) is 12.8 Å². The topological polar surface area (TPSA) is 38.2 Å². The fourth-order valence-electron chi connectivity index (χ4n) is 3.59. The predicted octanol–water partition coefficient (Wildman–Crippen LogP) is 3.42. The molecule has 7 heteroatoms. The second kappa shape index (κ2) is 5.08. The molecule has 0 N–H and O–H groups in total. The Morgan fingerprint density at radius 2 is 1.86 bits per heavy atom. The lowest BCUT2D eigenvalue weighted by molar-refractivity contribution is -0.149. The summed E-state index contributed by atoms with van der Waals surface area (Å²) in [7, 11) is 0. The van der Waals surface area contributed by atoms with Crippen LogP contribution in [-0.4, -0.2) is 34.3 Å². The zero-order valence-corrected chi connectivity index (χ0v) is 12.8. The fourth-order valence-corrected chi connectivity index (χ4v) is 3.59. The summed E-state index contributed by atoms with van der Waals surface area (Å²) in [5.41, 5.74) is -1.61. The molecule has 0 atom stereocenters. The van der Waals surface area contributed by atoms with E-state index in [0.717, 1.165) is 31.7 Å². The van der Waals surface area contributed by atoms with Gasteiger partial charge in [0.1, 0.15) is 5.69 Å². The van der Waals surface area contributed by atoms with E-state index in [2.05, 4.69) is 9.97 Å². The van der Waals surface area contributed by atoms with Crippen LogP contribution in [0, 0.1) is 0 Å². The van der Waals surface area contributed by atoms with Crippen molar-refractivity contribution in [2.75, 3.05) is 18.0 Å². The van der Waals surface area contributed by atoms with E-state index in [9.17, 15) is 13.2 Å². The molecule has 0 radical (unpaired) electrons. The number of hydrogen-bond acceptors (Lipinski definition) is 4. The maximum Gasteiger partial charge on any atom is 0.433 e. The Morgan fingerprint density at radius 1 is 1.18 bits per heavy atom. The Morgan fingerprint density at radius 3 is 2.50 bits per heavy atom. The highest BCUT2D eigenvalue weighted by atomic mass is 19.4. The SMILES string of the molecule is CC1(C)CN(c2nccc(C(F)(F)F)n2)CC2(CCCC2)O1. The van der Waals surface area contributed by atoms with E-state index < -0.39 is 17.5 Å². The van der Waals surface area contributed by atoms with Gasteiger partial charge in [0.15, 0.2) is 0 Å². The van der Waals surface area contributed by atoms with E-state index in [0.29, 0.717) is 13.1 Å². The average molecular weight is 315 g/mol. The van der Waals surface area contributed by atoms with Crippen LogP contribution in [0.4, 0.5) is 19.1 Å². The summed E-state index contributed by atoms with van der Waals surface area (Å²) in [6.07, 6.45) is 0.776. The zero-order valence-electron chi connectivity index (χ0n) is 12.8. The van der Waals surface area contributed by atoms with Crippen molar-refractivity contribution in [1.29, 1.82) is 0 Å². The molecule has 2 aliphatic rings. The third-order valence-electron chi connectivity index (χ3n) is 4.27. The summed E-state index contributed by atoms with van der Waals surface area (Å²) in [6, 6.07) is 0.903. The van der Waals surface area contributed by atoms with Crippen LogP contribution >= 0.6 is 0 Å². The van der Waals surface area contributed by atoms with Crippen molar-refractivity contribution < 1.29 is 17.9 Å². The minimum Gasteiger partial charge on any atom is -0.365 e. The Kier molecular flexibility index (Phi) is 3.58. The van der Waals surface area contributed by atoms with E-state index >= 15 is 0 Å². The summed E-state index contributed by atoms with van der Waals surface area (Å²) in [5.74, 6) is 0.137. The highest BCUT2D eigenvalue weighted by Crippen LogP contribution is 2.41. The van der Waals surface area contributed by atoms with Gasteiger partial charge >= 0.3 is 6.18 Å². The van der Waals surface area contributed by atoms with E-state index in [-0.39, 0.29) is 11.5 Å². The molecule has 1 aromatic rings. The lowest BCUT2D eigenvalue weighted by atomic mass is 9.94. The van der Waals surface area contributed by atoms with Crippen LogP contribution in [0.15, 0.2) is 12.3 Å². The van der Waals surface area contributed by atoms with Crippen LogP contribution in [-0.2, 0) is 10.9 Å². The molecular weight excluding hydrogens is 295 g/mol. The van der Waals surface area contributed by atoms with E-state index in [1.54, 1.807) is 0 Å². The molecule has 1 aromatic heterocycles. The largest absolute Gasteiger partial charge is 0.433 e. The van der Waals surface area contributed by atoms with Gasteiger partial charge in [0.05, 0.1) is 17.7 Å². The number of alkyl halides is 3. The molecule has 1 aliphatic heterocycles. The van der Waals surface area contributed by atoms with E-state index in [4.69, 9.17) is 4.74 Å². The Labute approximate surface area is 127 Å². The van der Waals surface area contributed by atoms with Crippen LogP contribution < -0.4 is 4.90 Å². The van der Waals surface area contributed by atoms with Gasteiger partial charge in [0.2, 0.25) is 5.95 Å². The van der Waals surface area contributed by atoms with Crippen molar-refractivity contribution >= 4 is 5.95 Å². The lowest BCUT2D eigenvalue weighted by Gasteiger charge is -2.48. The van der Waals surface area contributed by atoms with Crippen molar-refractivity contribution in [3.63, 3.8) is 0 Å². The number of morpholine rings is 1. The van der Waals surface area contributed by atoms with Gasteiger partial charge in [-0.3, -0.25) is 0 Å². The molecule has 1 aliphatic carbocycles. The third kappa shape index (κ3) is 3.04. The van der Waals surface area contributed by atoms with Gasteiger partial charge in [-0.15, -0.1) is 0 Å². The van der Waals surface area contributed by atoms with Gasteiger partial charge in [0.25, 0.3) is 0 Å².